The molecule has 1 aromatic rings. The maximum atomic E-state index is 12.1. The highest BCUT2D eigenvalue weighted by molar-refractivity contribution is 5.76. The van der Waals surface area contributed by atoms with Gasteiger partial charge in [-0.05, 0) is 24.8 Å². The van der Waals surface area contributed by atoms with Crippen LogP contribution in [0, 0.1) is 0 Å². The van der Waals surface area contributed by atoms with Crippen molar-refractivity contribution in [2.24, 2.45) is 0 Å². The first-order valence-corrected chi connectivity index (χ1v) is 10.8. The summed E-state index contributed by atoms with van der Waals surface area (Å²) < 4.78 is 11.1. The number of likely N-dealkylation sites (N-methyl/N-ethyl adjacent to an activating group) is 1. The quantitative estimate of drug-likeness (QED) is 0.259. The number of esters is 1. The molecule has 0 aliphatic carbocycles. The molecule has 0 aromatic heterocycles. The molecule has 2 amide bonds. The van der Waals surface area contributed by atoms with E-state index in [0.29, 0.717) is 17.6 Å². The molecule has 0 heterocycles. The highest BCUT2D eigenvalue weighted by Gasteiger charge is 2.23. The summed E-state index contributed by atoms with van der Waals surface area (Å²) in [5.74, 6) is -0.320. The lowest BCUT2D eigenvalue weighted by atomic mass is 10.2. The topological polar surface area (TPSA) is 76.7 Å². The van der Waals surface area contributed by atoms with Crippen LogP contribution in [-0.2, 0) is 20.7 Å². The van der Waals surface area contributed by atoms with Crippen LogP contribution in [0.3, 0.4) is 0 Å². The Bertz CT molecular complexity index is 602. The predicted octanol–water partition coefficient (Wildman–Crippen LogP) is 2.74. The summed E-state index contributed by atoms with van der Waals surface area (Å²) in [5, 5.41) is 5.77. The van der Waals surface area contributed by atoms with Crippen LogP contribution >= 0.6 is 0 Å². The zero-order valence-corrected chi connectivity index (χ0v) is 19.1. The number of urea groups is 1. The number of unbranched alkanes of at least 4 members (excludes halogenated alkanes) is 3. The number of quaternary nitrogens is 1. The van der Waals surface area contributed by atoms with Gasteiger partial charge in [0.2, 0.25) is 0 Å². The molecule has 0 radical (unpaired) electrons. The summed E-state index contributed by atoms with van der Waals surface area (Å²) in [4.78, 5) is 23.7. The lowest BCUT2D eigenvalue weighted by Crippen LogP contribution is -2.52. The van der Waals surface area contributed by atoms with Gasteiger partial charge < -0.3 is 24.6 Å². The van der Waals surface area contributed by atoms with Crippen LogP contribution < -0.4 is 10.6 Å². The van der Waals surface area contributed by atoms with Gasteiger partial charge in [-0.1, -0.05) is 43.2 Å². The Balaban J connectivity index is 2.06. The van der Waals surface area contributed by atoms with Crippen LogP contribution in [0.25, 0.3) is 0 Å². The number of carbonyl (C=O) groups excluding carboxylic acids is 2. The molecular weight excluding hydrogens is 382 g/mol. The second-order valence-electron chi connectivity index (χ2n) is 8.61. The monoisotopic (exact) mass is 422 g/mol. The number of ether oxygens (including phenoxy) is 2. The Hall–Kier alpha value is -2.12. The normalized spacial score (nSPS) is 12.3. The van der Waals surface area contributed by atoms with Crippen molar-refractivity contribution in [1.82, 2.24) is 10.6 Å². The Labute approximate surface area is 181 Å². The third-order valence-corrected chi connectivity index (χ3v) is 4.62. The molecule has 7 heteroatoms. The van der Waals surface area contributed by atoms with Crippen molar-refractivity contribution in [1.29, 1.82) is 0 Å². The predicted molar refractivity (Wildman–Crippen MR) is 119 cm³/mol. The molecule has 0 bridgehead atoms. The summed E-state index contributed by atoms with van der Waals surface area (Å²) in [6.07, 6.45) is 5.21. The molecular formula is C23H40N3O4+. The van der Waals surface area contributed by atoms with Crippen LogP contribution in [0.1, 0.15) is 37.7 Å². The van der Waals surface area contributed by atoms with Crippen molar-refractivity contribution in [3.05, 3.63) is 35.9 Å². The smallest absolute Gasteiger partial charge is 0.315 e. The lowest BCUT2D eigenvalue weighted by molar-refractivity contribution is -0.871. The highest BCUT2D eigenvalue weighted by Crippen LogP contribution is 2.03. The number of benzene rings is 1. The van der Waals surface area contributed by atoms with Crippen LogP contribution in [0.5, 0.6) is 0 Å². The van der Waals surface area contributed by atoms with E-state index in [2.05, 4.69) is 22.8 Å². The number of rotatable bonds is 15. The fourth-order valence-corrected chi connectivity index (χ4v) is 3.16. The first-order chi connectivity index (χ1) is 14.3. The van der Waals surface area contributed by atoms with E-state index in [4.69, 9.17) is 9.47 Å². The molecule has 1 rings (SSSR count). The summed E-state index contributed by atoms with van der Waals surface area (Å²) in [6.45, 7) is 2.80. The number of carbonyl (C=O) groups is 2. The fourth-order valence-electron chi connectivity index (χ4n) is 3.16. The molecule has 0 aliphatic heterocycles. The van der Waals surface area contributed by atoms with E-state index in [9.17, 15) is 9.59 Å². The number of methoxy groups -OCH3 is 1. The summed E-state index contributed by atoms with van der Waals surface area (Å²) >= 11 is 0. The van der Waals surface area contributed by atoms with E-state index in [0.717, 1.165) is 45.3 Å². The third kappa shape index (κ3) is 14.0. The van der Waals surface area contributed by atoms with Crippen molar-refractivity contribution in [2.75, 3.05) is 54.6 Å². The minimum absolute atomic E-state index is 0.170. The van der Waals surface area contributed by atoms with Gasteiger partial charge in [-0.25, -0.2) is 4.79 Å². The second kappa shape index (κ2) is 14.8. The van der Waals surface area contributed by atoms with E-state index < -0.39 is 0 Å². The van der Waals surface area contributed by atoms with Gasteiger partial charge >= 0.3 is 12.0 Å². The average molecular weight is 423 g/mol. The molecule has 30 heavy (non-hydrogen) atoms. The second-order valence-corrected chi connectivity index (χ2v) is 8.61. The minimum Gasteiger partial charge on any atom is -0.469 e. The average Bonchev–Trinajstić information content (AvgIpc) is 2.68. The van der Waals surface area contributed by atoms with E-state index in [1.165, 1.54) is 12.7 Å². The number of nitrogens with one attached hydrogen (secondary N) is 2. The zero-order valence-electron chi connectivity index (χ0n) is 19.1. The lowest BCUT2D eigenvalue weighted by Gasteiger charge is -2.29. The van der Waals surface area contributed by atoms with Crippen molar-refractivity contribution in [3.63, 3.8) is 0 Å². The molecule has 2 N–H and O–H groups in total. The van der Waals surface area contributed by atoms with Crippen LogP contribution in [0.15, 0.2) is 30.3 Å². The molecule has 7 nitrogen and oxygen atoms in total. The highest BCUT2D eigenvalue weighted by atomic mass is 16.5. The number of nitrogens with zero attached hydrogens (tertiary/aromatic N) is 1. The van der Waals surface area contributed by atoms with Crippen molar-refractivity contribution < 1.29 is 23.5 Å². The Morgan fingerprint density at radius 2 is 1.70 bits per heavy atom. The van der Waals surface area contributed by atoms with E-state index in [1.54, 1.807) is 0 Å². The van der Waals surface area contributed by atoms with Gasteiger partial charge in [-0.3, -0.25) is 4.79 Å². The van der Waals surface area contributed by atoms with Gasteiger partial charge in [0.15, 0.2) is 0 Å². The SMILES string of the molecule is COC(=O)CC(C[N+](C)(C)C)NC(=O)NCCCCCCOCCc1ccccc1. The molecule has 1 aromatic carbocycles. The van der Waals surface area contributed by atoms with Crippen molar-refractivity contribution >= 4 is 12.0 Å². The molecule has 0 fully saturated rings. The molecule has 170 valence electrons. The molecule has 0 saturated carbocycles. The van der Waals surface area contributed by atoms with Gasteiger partial charge in [0.25, 0.3) is 0 Å². The molecule has 0 spiro atoms. The van der Waals surface area contributed by atoms with E-state index >= 15 is 0 Å². The number of hydrogen-bond acceptors (Lipinski definition) is 4. The minimum atomic E-state index is -0.320. The third-order valence-electron chi connectivity index (χ3n) is 4.62. The number of amides is 2. The van der Waals surface area contributed by atoms with Crippen molar-refractivity contribution in [3.8, 4) is 0 Å². The summed E-state index contributed by atoms with van der Waals surface area (Å²) in [6, 6.07) is 9.86. The first kappa shape index (κ1) is 25.9. The maximum absolute atomic E-state index is 12.1. The maximum Gasteiger partial charge on any atom is 0.315 e. The van der Waals surface area contributed by atoms with E-state index in [-0.39, 0.29) is 24.5 Å². The van der Waals surface area contributed by atoms with Crippen LogP contribution in [-0.4, -0.2) is 77.1 Å². The Kier molecular flexibility index (Phi) is 12.8. The molecule has 1 unspecified atom stereocenters. The van der Waals surface area contributed by atoms with Gasteiger partial charge in [0, 0.05) is 13.2 Å². The van der Waals surface area contributed by atoms with Crippen molar-refractivity contribution in [2.45, 2.75) is 44.6 Å². The standard InChI is InChI=1S/C23H39N3O4/c1-26(2,3)19-21(18-22(27)29-4)25-23(28)24-15-10-5-6-11-16-30-17-14-20-12-8-7-9-13-20/h7-9,12-13,21H,5-6,10-11,14-19H2,1-4H3,(H-,24,25,28)/p+1. The Morgan fingerprint density at radius 1 is 1.00 bits per heavy atom. The summed E-state index contributed by atoms with van der Waals surface area (Å²) in [7, 11) is 7.43. The van der Waals surface area contributed by atoms with Gasteiger partial charge in [0.05, 0.1) is 53.9 Å². The van der Waals surface area contributed by atoms with Gasteiger partial charge in [-0.2, -0.15) is 0 Å². The van der Waals surface area contributed by atoms with Crippen LogP contribution in [0.4, 0.5) is 4.79 Å². The molecule has 0 saturated heterocycles. The largest absolute Gasteiger partial charge is 0.469 e. The van der Waals surface area contributed by atoms with Gasteiger partial charge in [0.1, 0.15) is 0 Å². The van der Waals surface area contributed by atoms with Gasteiger partial charge in [-0.15, -0.1) is 0 Å². The Morgan fingerprint density at radius 3 is 2.37 bits per heavy atom. The van der Waals surface area contributed by atoms with Crippen LogP contribution in [0.2, 0.25) is 0 Å². The zero-order chi connectivity index (χ0) is 22.2. The van der Waals surface area contributed by atoms with E-state index in [1.807, 2.05) is 39.3 Å². The fraction of sp³-hybridized carbons (Fsp3) is 0.652. The first-order valence-electron chi connectivity index (χ1n) is 10.8. The molecule has 1 atom stereocenters. The summed E-state index contributed by atoms with van der Waals surface area (Å²) in [5.41, 5.74) is 1.30. The molecule has 0 aliphatic rings. The number of hydrogen-bond donors (Lipinski definition) is 2.